The molecule has 2 aromatic rings. The molecule has 2 heterocycles. The molecule has 1 amide bonds. The van der Waals surface area contributed by atoms with Crippen molar-refractivity contribution in [2.75, 3.05) is 0 Å². The Morgan fingerprint density at radius 1 is 1.47 bits per heavy atom. The molecule has 0 aliphatic rings. The number of alkyl halides is 2. The number of thioether (sulfide) groups is 1. The number of nitrogens with zero attached hydrogens (tertiary/aromatic N) is 3. The van der Waals surface area contributed by atoms with Gasteiger partial charge in [-0.2, -0.15) is 8.78 Å². The van der Waals surface area contributed by atoms with E-state index < -0.39 is 11.2 Å². The number of halogens is 2. The molecule has 0 atom stereocenters. The van der Waals surface area contributed by atoms with Gasteiger partial charge in [-0.25, -0.2) is 5.84 Å². The molecule has 2 aromatic heterocycles. The first-order valence-electron chi connectivity index (χ1n) is 4.42. The van der Waals surface area contributed by atoms with Gasteiger partial charge in [-0.1, -0.05) is 6.07 Å². The van der Waals surface area contributed by atoms with Gasteiger partial charge in [0.1, 0.15) is 0 Å². The maximum Gasteiger partial charge on any atom is 0.379 e. The van der Waals surface area contributed by atoms with Crippen LogP contribution >= 0.6 is 11.8 Å². The first-order valence-corrected chi connectivity index (χ1v) is 5.24. The zero-order valence-electron chi connectivity index (χ0n) is 8.30. The fourth-order valence-corrected chi connectivity index (χ4v) is 1.85. The quantitative estimate of drug-likeness (QED) is 0.361. The van der Waals surface area contributed by atoms with Crippen molar-refractivity contribution in [2.24, 2.45) is 5.84 Å². The van der Waals surface area contributed by atoms with Gasteiger partial charge in [0.15, 0.2) is 5.65 Å². The zero-order valence-corrected chi connectivity index (χ0v) is 9.12. The second-order valence-corrected chi connectivity index (χ2v) is 4.09. The average molecular weight is 259 g/mol. The van der Waals surface area contributed by atoms with Gasteiger partial charge >= 0.3 is 11.2 Å². The van der Waals surface area contributed by atoms with E-state index in [2.05, 4.69) is 16.0 Å². The summed E-state index contributed by atoms with van der Waals surface area (Å²) >= 11 is -0.0213. The Morgan fingerprint density at radius 3 is 2.94 bits per heavy atom. The number of pyridine rings is 1. The van der Waals surface area contributed by atoms with Gasteiger partial charge in [0.25, 0.3) is 0 Å². The summed E-state index contributed by atoms with van der Waals surface area (Å²) in [5, 5.41) is 3.47. The summed E-state index contributed by atoms with van der Waals surface area (Å²) in [5.74, 6) is 3.08. The normalized spacial score (nSPS) is 11.7. The van der Waals surface area contributed by atoms with Crippen LogP contribution in [0.1, 0.15) is 0 Å². The van der Waals surface area contributed by atoms with Crippen LogP contribution in [-0.2, 0) is 4.79 Å². The van der Waals surface area contributed by atoms with Crippen LogP contribution in [0.25, 0.3) is 5.65 Å². The third-order valence-corrected chi connectivity index (χ3v) is 2.80. The molecule has 0 saturated heterocycles. The van der Waals surface area contributed by atoms with Gasteiger partial charge in [0.05, 0.1) is 0 Å². The molecule has 3 N–H and O–H groups in total. The number of aromatic nitrogens is 3. The van der Waals surface area contributed by atoms with Gasteiger partial charge < -0.3 is 0 Å². The summed E-state index contributed by atoms with van der Waals surface area (Å²) in [6.07, 6.45) is 1.52. The highest BCUT2D eigenvalue weighted by Gasteiger charge is 2.41. The van der Waals surface area contributed by atoms with Crippen LogP contribution in [0.5, 0.6) is 0 Å². The predicted molar refractivity (Wildman–Crippen MR) is 56.1 cm³/mol. The minimum atomic E-state index is -3.70. The number of carbonyl (C=O) groups is 1. The molecule has 0 radical (unpaired) electrons. The van der Waals surface area contributed by atoms with E-state index in [9.17, 15) is 13.6 Å². The fourth-order valence-electron chi connectivity index (χ4n) is 1.13. The minimum absolute atomic E-state index is 0.0213. The van der Waals surface area contributed by atoms with E-state index in [0.29, 0.717) is 5.65 Å². The molecule has 0 aliphatic heterocycles. The topological polar surface area (TPSA) is 85.3 Å². The summed E-state index contributed by atoms with van der Waals surface area (Å²) in [4.78, 5) is 10.8. The number of rotatable bonds is 3. The summed E-state index contributed by atoms with van der Waals surface area (Å²) in [7, 11) is 0. The Kier molecular flexibility index (Phi) is 2.94. The molecule has 0 fully saturated rings. The Bertz CT molecular complexity index is 558. The minimum Gasteiger partial charge on any atom is -0.288 e. The van der Waals surface area contributed by atoms with Crippen molar-refractivity contribution in [1.82, 2.24) is 20.0 Å². The lowest BCUT2D eigenvalue weighted by atomic mass is 10.5. The fraction of sp³-hybridized carbons (Fsp3) is 0.125. The molecule has 2 rings (SSSR count). The number of amides is 1. The highest BCUT2D eigenvalue weighted by Crippen LogP contribution is 2.34. The molecule has 9 heteroatoms. The van der Waals surface area contributed by atoms with Crippen molar-refractivity contribution < 1.29 is 13.6 Å². The number of hydrogen-bond acceptors (Lipinski definition) is 5. The Morgan fingerprint density at radius 2 is 2.24 bits per heavy atom. The van der Waals surface area contributed by atoms with E-state index in [4.69, 9.17) is 0 Å². The standard InChI is InChI=1S/C8H7F2N5OS/c9-8(10,6(16)12-11)17-7-14-13-5-3-1-2-4-15(5)7/h1-4H,11H2,(H,12,16). The van der Waals surface area contributed by atoms with E-state index in [-0.39, 0.29) is 16.9 Å². The molecule has 0 saturated carbocycles. The van der Waals surface area contributed by atoms with Crippen LogP contribution in [0.2, 0.25) is 0 Å². The average Bonchev–Trinajstić information content (AvgIpc) is 2.71. The molecule has 0 aliphatic carbocycles. The van der Waals surface area contributed by atoms with Crippen molar-refractivity contribution >= 4 is 23.3 Å². The maximum absolute atomic E-state index is 13.3. The number of nitrogens with one attached hydrogen (secondary N) is 1. The van der Waals surface area contributed by atoms with Crippen LogP contribution in [0, 0.1) is 0 Å². The van der Waals surface area contributed by atoms with E-state index >= 15 is 0 Å². The second kappa shape index (κ2) is 4.26. The highest BCUT2D eigenvalue weighted by atomic mass is 32.2. The SMILES string of the molecule is NNC(=O)C(F)(F)Sc1nnc2ccccn12. The van der Waals surface area contributed by atoms with Crippen molar-refractivity contribution in [1.29, 1.82) is 0 Å². The molecule has 0 spiro atoms. The van der Waals surface area contributed by atoms with Crippen molar-refractivity contribution in [2.45, 2.75) is 10.4 Å². The molecule has 0 aromatic carbocycles. The van der Waals surface area contributed by atoms with E-state index in [1.807, 2.05) is 0 Å². The third kappa shape index (κ3) is 2.19. The summed E-state index contributed by atoms with van der Waals surface area (Å²) < 4.78 is 27.9. The van der Waals surface area contributed by atoms with Gasteiger partial charge in [0, 0.05) is 6.20 Å². The van der Waals surface area contributed by atoms with Gasteiger partial charge in [-0.15, -0.1) is 10.2 Å². The zero-order chi connectivity index (χ0) is 12.5. The van der Waals surface area contributed by atoms with Crippen molar-refractivity contribution in [3.63, 3.8) is 0 Å². The smallest absolute Gasteiger partial charge is 0.288 e. The first kappa shape index (κ1) is 11.7. The van der Waals surface area contributed by atoms with Gasteiger partial charge in [-0.05, 0) is 23.9 Å². The maximum atomic E-state index is 13.3. The lowest BCUT2D eigenvalue weighted by Gasteiger charge is -2.11. The molecule has 90 valence electrons. The lowest BCUT2D eigenvalue weighted by molar-refractivity contribution is -0.134. The van der Waals surface area contributed by atoms with Crippen LogP contribution in [0.3, 0.4) is 0 Å². The Hall–Kier alpha value is -1.74. The highest BCUT2D eigenvalue weighted by molar-refractivity contribution is 8.00. The van der Waals surface area contributed by atoms with Crippen LogP contribution in [-0.4, -0.2) is 25.8 Å². The Labute approximate surface area is 98.2 Å². The number of fused-ring (bicyclic) bond motifs is 1. The number of hydrazine groups is 1. The van der Waals surface area contributed by atoms with Gasteiger partial charge in [0.2, 0.25) is 5.16 Å². The predicted octanol–water partition coefficient (Wildman–Crippen LogP) is 0.404. The van der Waals surface area contributed by atoms with Gasteiger partial charge in [-0.3, -0.25) is 14.6 Å². The molecule has 17 heavy (non-hydrogen) atoms. The van der Waals surface area contributed by atoms with Crippen molar-refractivity contribution in [3.05, 3.63) is 24.4 Å². The molecule has 6 nitrogen and oxygen atoms in total. The largest absolute Gasteiger partial charge is 0.379 e. The summed E-state index contributed by atoms with van der Waals surface area (Å²) in [5.41, 5.74) is 1.81. The number of hydrogen-bond donors (Lipinski definition) is 2. The summed E-state index contributed by atoms with van der Waals surface area (Å²) in [6.45, 7) is 0. The van der Waals surface area contributed by atoms with Crippen LogP contribution < -0.4 is 11.3 Å². The molecular formula is C8H7F2N5OS. The third-order valence-electron chi connectivity index (χ3n) is 1.90. The van der Waals surface area contributed by atoms with E-state index in [1.54, 1.807) is 18.2 Å². The second-order valence-electron chi connectivity index (χ2n) is 3.00. The first-order chi connectivity index (χ1) is 8.04. The Balaban J connectivity index is 2.33. The van der Waals surface area contributed by atoms with E-state index in [1.165, 1.54) is 16.0 Å². The molecule has 0 unspecified atom stereocenters. The van der Waals surface area contributed by atoms with Crippen LogP contribution in [0.4, 0.5) is 8.78 Å². The lowest BCUT2D eigenvalue weighted by Crippen LogP contribution is -2.41. The van der Waals surface area contributed by atoms with E-state index in [0.717, 1.165) is 0 Å². The monoisotopic (exact) mass is 259 g/mol. The van der Waals surface area contributed by atoms with Crippen LogP contribution in [0.15, 0.2) is 29.6 Å². The molecular weight excluding hydrogens is 252 g/mol. The number of carbonyl (C=O) groups excluding carboxylic acids is 1. The van der Waals surface area contributed by atoms with Crippen molar-refractivity contribution in [3.8, 4) is 0 Å². The molecule has 0 bridgehead atoms. The summed E-state index contributed by atoms with van der Waals surface area (Å²) in [6, 6.07) is 4.95. The number of nitrogens with two attached hydrogens (primary N) is 1.